The van der Waals surface area contributed by atoms with Crippen molar-refractivity contribution in [2.24, 2.45) is 0 Å². The number of nitrogens with one attached hydrogen (secondary N) is 3. The minimum absolute atomic E-state index is 0.171. The quantitative estimate of drug-likeness (QED) is 0.565. The molecule has 1 aromatic heterocycles. The number of urea groups is 1. The van der Waals surface area contributed by atoms with Crippen molar-refractivity contribution in [3.05, 3.63) is 24.3 Å². The first-order valence-corrected chi connectivity index (χ1v) is 10.1. The summed E-state index contributed by atoms with van der Waals surface area (Å²) in [6.45, 7) is 0. The van der Waals surface area contributed by atoms with Gasteiger partial charge in [0.2, 0.25) is 15.0 Å². The maximum atomic E-state index is 12.1. The normalized spacial score (nSPS) is 15.7. The third kappa shape index (κ3) is 4.36. The molecule has 0 saturated heterocycles. The van der Waals surface area contributed by atoms with E-state index < -0.39 is 9.84 Å². The lowest BCUT2D eigenvalue weighted by Crippen LogP contribution is -2.45. The lowest BCUT2D eigenvalue weighted by atomic mass is 9.96. The molecule has 0 spiro atoms. The van der Waals surface area contributed by atoms with Gasteiger partial charge in [0.05, 0.1) is 5.52 Å². The zero-order valence-electron chi connectivity index (χ0n) is 13.9. The maximum Gasteiger partial charge on any atom is 0.333 e. The number of aromatic nitrogens is 2. The Bertz CT molecular complexity index is 878. The van der Waals surface area contributed by atoms with Crippen LogP contribution < -0.4 is 16.2 Å². The molecule has 8 nitrogen and oxygen atoms in total. The van der Waals surface area contributed by atoms with Crippen LogP contribution in [0.4, 0.5) is 10.6 Å². The van der Waals surface area contributed by atoms with Gasteiger partial charge in [-0.2, -0.15) is 4.98 Å². The van der Waals surface area contributed by atoms with Gasteiger partial charge in [0.1, 0.15) is 0 Å². The second kappa shape index (κ2) is 7.22. The number of para-hydroxylation sites is 1. The van der Waals surface area contributed by atoms with Crippen LogP contribution in [0.2, 0.25) is 0 Å². The van der Waals surface area contributed by atoms with E-state index in [4.69, 9.17) is 0 Å². The van der Waals surface area contributed by atoms with E-state index >= 15 is 0 Å². The number of carbonyl (C=O) groups excluding carboxylic acids is 1. The van der Waals surface area contributed by atoms with Gasteiger partial charge in [-0.1, -0.05) is 31.4 Å². The summed E-state index contributed by atoms with van der Waals surface area (Å²) in [4.78, 5) is 20.2. The number of fused-ring (bicyclic) bond motifs is 1. The molecule has 25 heavy (non-hydrogen) atoms. The molecular formula is C16H21N5O3S. The van der Waals surface area contributed by atoms with Crippen molar-refractivity contribution in [2.75, 3.05) is 11.7 Å². The number of carbonyl (C=O) groups is 1. The summed E-state index contributed by atoms with van der Waals surface area (Å²) in [6.07, 6.45) is 6.44. The maximum absolute atomic E-state index is 12.1. The zero-order valence-corrected chi connectivity index (χ0v) is 14.8. The van der Waals surface area contributed by atoms with Gasteiger partial charge in [0.15, 0.2) is 5.82 Å². The lowest BCUT2D eigenvalue weighted by molar-refractivity contribution is 0.234. The molecule has 1 aliphatic rings. The molecule has 0 atom stereocenters. The molecule has 134 valence electrons. The molecule has 0 radical (unpaired) electrons. The van der Waals surface area contributed by atoms with Gasteiger partial charge in [-0.15, -0.1) is 0 Å². The Labute approximate surface area is 146 Å². The van der Waals surface area contributed by atoms with Crippen LogP contribution in [0.15, 0.2) is 29.4 Å². The number of hydrogen-bond donors (Lipinski definition) is 3. The van der Waals surface area contributed by atoms with E-state index in [0.29, 0.717) is 10.9 Å². The standard InChI is InChI=1S/C16H21N5O3S/c1-25(23,24)16-18-13-10-6-5-9-12(13)14(19-16)20-21-15(22)17-11-7-3-2-4-8-11/h5-6,9-11H,2-4,7-8H2,1H3,(H2,17,21,22)(H,18,19,20). The Kier molecular flexibility index (Phi) is 5.03. The van der Waals surface area contributed by atoms with E-state index in [-0.39, 0.29) is 23.0 Å². The molecule has 0 bridgehead atoms. The summed E-state index contributed by atoms with van der Waals surface area (Å²) < 4.78 is 23.6. The van der Waals surface area contributed by atoms with Crippen LogP contribution in [0, 0.1) is 0 Å². The zero-order chi connectivity index (χ0) is 17.9. The molecule has 1 saturated carbocycles. The van der Waals surface area contributed by atoms with Crippen LogP contribution in [0.1, 0.15) is 32.1 Å². The number of hydrazine groups is 1. The first kappa shape index (κ1) is 17.4. The number of amides is 2. The Morgan fingerprint density at radius 1 is 1.12 bits per heavy atom. The molecule has 2 amide bonds. The van der Waals surface area contributed by atoms with Crippen LogP contribution in [0.5, 0.6) is 0 Å². The molecule has 3 rings (SSSR count). The molecule has 2 aromatic rings. The van der Waals surface area contributed by atoms with Crippen LogP contribution in [0.25, 0.3) is 10.9 Å². The van der Waals surface area contributed by atoms with Gasteiger partial charge in [-0.3, -0.25) is 10.9 Å². The minimum atomic E-state index is -3.57. The van der Waals surface area contributed by atoms with Gasteiger partial charge < -0.3 is 5.32 Å². The summed E-state index contributed by atoms with van der Waals surface area (Å²) in [7, 11) is -3.57. The average molecular weight is 363 g/mol. The first-order valence-electron chi connectivity index (χ1n) is 8.23. The van der Waals surface area contributed by atoms with Crippen LogP contribution >= 0.6 is 0 Å². The lowest BCUT2D eigenvalue weighted by Gasteiger charge is -2.23. The van der Waals surface area contributed by atoms with Crippen molar-refractivity contribution in [3.63, 3.8) is 0 Å². The van der Waals surface area contributed by atoms with Crippen molar-refractivity contribution in [2.45, 2.75) is 43.3 Å². The summed E-state index contributed by atoms with van der Waals surface area (Å²) in [5, 5.41) is 3.24. The third-order valence-corrected chi connectivity index (χ3v) is 5.00. The highest BCUT2D eigenvalue weighted by atomic mass is 32.2. The Morgan fingerprint density at radius 2 is 1.84 bits per heavy atom. The second-order valence-electron chi connectivity index (χ2n) is 6.20. The number of sulfone groups is 1. The third-order valence-electron chi connectivity index (χ3n) is 4.15. The largest absolute Gasteiger partial charge is 0.334 e. The molecule has 0 aliphatic heterocycles. The summed E-state index contributed by atoms with van der Waals surface area (Å²) in [5.74, 6) is 0.241. The molecule has 1 aromatic carbocycles. The highest BCUT2D eigenvalue weighted by molar-refractivity contribution is 7.90. The molecule has 9 heteroatoms. The second-order valence-corrected chi connectivity index (χ2v) is 8.11. The monoisotopic (exact) mass is 363 g/mol. The fraction of sp³-hybridized carbons (Fsp3) is 0.438. The van der Waals surface area contributed by atoms with Gasteiger partial charge in [0, 0.05) is 17.7 Å². The van der Waals surface area contributed by atoms with E-state index in [1.165, 1.54) is 6.42 Å². The van der Waals surface area contributed by atoms with Crippen LogP contribution in [-0.2, 0) is 9.84 Å². The van der Waals surface area contributed by atoms with Gasteiger partial charge in [0.25, 0.3) is 0 Å². The molecule has 1 aliphatic carbocycles. The number of rotatable bonds is 4. The molecule has 1 fully saturated rings. The van der Waals surface area contributed by atoms with Gasteiger partial charge in [-0.25, -0.2) is 18.2 Å². The highest BCUT2D eigenvalue weighted by Crippen LogP contribution is 2.21. The van der Waals surface area contributed by atoms with Crippen molar-refractivity contribution >= 4 is 32.6 Å². The fourth-order valence-corrected chi connectivity index (χ4v) is 3.42. The van der Waals surface area contributed by atoms with E-state index in [2.05, 4.69) is 26.1 Å². The summed E-state index contributed by atoms with van der Waals surface area (Å²) >= 11 is 0. The average Bonchev–Trinajstić information content (AvgIpc) is 2.59. The van der Waals surface area contributed by atoms with E-state index in [9.17, 15) is 13.2 Å². The van der Waals surface area contributed by atoms with E-state index in [0.717, 1.165) is 31.9 Å². The van der Waals surface area contributed by atoms with Crippen molar-refractivity contribution in [3.8, 4) is 0 Å². The Hall–Kier alpha value is -2.42. The number of benzene rings is 1. The minimum Gasteiger partial charge on any atom is -0.334 e. The molecule has 0 unspecified atom stereocenters. The molecule has 3 N–H and O–H groups in total. The predicted molar refractivity (Wildman–Crippen MR) is 94.8 cm³/mol. The van der Waals surface area contributed by atoms with Crippen molar-refractivity contribution in [1.29, 1.82) is 0 Å². The molecular weight excluding hydrogens is 342 g/mol. The van der Waals surface area contributed by atoms with Crippen LogP contribution in [-0.4, -0.2) is 36.7 Å². The smallest absolute Gasteiger partial charge is 0.333 e. The topological polar surface area (TPSA) is 113 Å². The number of nitrogens with zero attached hydrogens (tertiary/aromatic N) is 2. The Balaban J connectivity index is 1.77. The number of anilines is 1. The van der Waals surface area contributed by atoms with Crippen molar-refractivity contribution < 1.29 is 13.2 Å². The number of hydrogen-bond acceptors (Lipinski definition) is 6. The van der Waals surface area contributed by atoms with Gasteiger partial charge >= 0.3 is 6.03 Å². The van der Waals surface area contributed by atoms with Crippen molar-refractivity contribution in [1.82, 2.24) is 20.7 Å². The summed E-state index contributed by atoms with van der Waals surface area (Å²) in [6, 6.07) is 6.80. The predicted octanol–water partition coefficient (Wildman–Crippen LogP) is 1.99. The first-order chi connectivity index (χ1) is 11.9. The van der Waals surface area contributed by atoms with E-state index in [1.54, 1.807) is 24.3 Å². The summed E-state index contributed by atoms with van der Waals surface area (Å²) in [5.41, 5.74) is 5.73. The fourth-order valence-electron chi connectivity index (χ4n) is 2.90. The Morgan fingerprint density at radius 3 is 2.56 bits per heavy atom. The SMILES string of the molecule is CS(=O)(=O)c1nc(NNC(=O)NC2CCCCC2)c2ccccc2n1. The van der Waals surface area contributed by atoms with Gasteiger partial charge in [-0.05, 0) is 25.0 Å². The molecule has 1 heterocycles. The highest BCUT2D eigenvalue weighted by Gasteiger charge is 2.17. The van der Waals surface area contributed by atoms with Crippen LogP contribution in [0.3, 0.4) is 0 Å². The van der Waals surface area contributed by atoms with E-state index in [1.807, 2.05) is 0 Å².